The molecular weight excluding hydrogens is 226 g/mol. The maximum Gasteiger partial charge on any atom is 0.218 e. The fourth-order valence-electron chi connectivity index (χ4n) is 2.88. The molecule has 0 aromatic heterocycles. The molecule has 0 spiro atoms. The highest BCUT2D eigenvalue weighted by atomic mass is 16.5. The topological polar surface area (TPSA) is 52.3 Å². The SMILES string of the molecule is Cc1cc(C)c2c(c1)C(CC(N)=O)CC(C)(C)O2. The number of ether oxygens (including phenoxy) is 1. The molecule has 1 atom stereocenters. The minimum Gasteiger partial charge on any atom is -0.487 e. The van der Waals surface area contributed by atoms with Gasteiger partial charge in [-0.1, -0.05) is 17.7 Å². The lowest BCUT2D eigenvalue weighted by Gasteiger charge is -2.38. The van der Waals surface area contributed by atoms with E-state index in [1.54, 1.807) is 0 Å². The predicted octanol–water partition coefficient (Wildman–Crippen LogP) is 2.82. The minimum absolute atomic E-state index is 0.167. The third-order valence-corrected chi connectivity index (χ3v) is 3.45. The van der Waals surface area contributed by atoms with Crippen molar-refractivity contribution in [2.24, 2.45) is 5.73 Å². The largest absolute Gasteiger partial charge is 0.487 e. The number of carbonyl (C=O) groups is 1. The Labute approximate surface area is 108 Å². The van der Waals surface area contributed by atoms with Crippen molar-refractivity contribution < 1.29 is 9.53 Å². The quantitative estimate of drug-likeness (QED) is 0.873. The van der Waals surface area contributed by atoms with Gasteiger partial charge in [-0.3, -0.25) is 4.79 Å². The van der Waals surface area contributed by atoms with Gasteiger partial charge < -0.3 is 10.5 Å². The van der Waals surface area contributed by atoms with Crippen LogP contribution < -0.4 is 10.5 Å². The third kappa shape index (κ3) is 2.50. The lowest BCUT2D eigenvalue weighted by atomic mass is 9.81. The van der Waals surface area contributed by atoms with Crippen molar-refractivity contribution in [3.63, 3.8) is 0 Å². The Bertz CT molecular complexity index is 492. The monoisotopic (exact) mass is 247 g/mol. The number of benzene rings is 1. The van der Waals surface area contributed by atoms with Gasteiger partial charge in [-0.25, -0.2) is 0 Å². The first kappa shape index (κ1) is 12.9. The van der Waals surface area contributed by atoms with E-state index >= 15 is 0 Å². The summed E-state index contributed by atoms with van der Waals surface area (Å²) in [4.78, 5) is 11.2. The van der Waals surface area contributed by atoms with Crippen LogP contribution in [0.3, 0.4) is 0 Å². The number of amides is 1. The van der Waals surface area contributed by atoms with Gasteiger partial charge in [0.1, 0.15) is 11.4 Å². The van der Waals surface area contributed by atoms with E-state index in [2.05, 4.69) is 39.8 Å². The van der Waals surface area contributed by atoms with E-state index in [4.69, 9.17) is 10.5 Å². The molecule has 0 saturated carbocycles. The molecule has 0 radical (unpaired) electrons. The Hall–Kier alpha value is -1.51. The lowest BCUT2D eigenvalue weighted by Crippen LogP contribution is -2.36. The van der Waals surface area contributed by atoms with Crippen LogP contribution in [-0.4, -0.2) is 11.5 Å². The zero-order chi connectivity index (χ0) is 13.5. The highest BCUT2D eigenvalue weighted by Crippen LogP contribution is 2.44. The average Bonchev–Trinajstić information content (AvgIpc) is 2.18. The summed E-state index contributed by atoms with van der Waals surface area (Å²) in [6.07, 6.45) is 1.22. The second-order valence-electron chi connectivity index (χ2n) is 5.93. The van der Waals surface area contributed by atoms with Gasteiger partial charge in [0, 0.05) is 12.3 Å². The number of aryl methyl sites for hydroxylation is 2. The van der Waals surface area contributed by atoms with Crippen molar-refractivity contribution in [3.05, 3.63) is 28.8 Å². The van der Waals surface area contributed by atoms with Crippen LogP contribution in [-0.2, 0) is 4.79 Å². The molecule has 1 amide bonds. The Morgan fingerprint density at radius 1 is 1.44 bits per heavy atom. The maximum atomic E-state index is 11.2. The molecule has 18 heavy (non-hydrogen) atoms. The summed E-state index contributed by atoms with van der Waals surface area (Å²) in [7, 11) is 0. The normalized spacial score (nSPS) is 21.0. The zero-order valence-corrected chi connectivity index (χ0v) is 11.5. The molecule has 0 aliphatic carbocycles. The predicted molar refractivity (Wildman–Crippen MR) is 71.8 cm³/mol. The molecule has 1 heterocycles. The summed E-state index contributed by atoms with van der Waals surface area (Å²) >= 11 is 0. The third-order valence-electron chi connectivity index (χ3n) is 3.45. The van der Waals surface area contributed by atoms with Crippen molar-refractivity contribution in [3.8, 4) is 5.75 Å². The summed E-state index contributed by atoms with van der Waals surface area (Å²) in [5.74, 6) is 0.853. The first-order valence-corrected chi connectivity index (χ1v) is 6.37. The van der Waals surface area contributed by atoms with Crippen LogP contribution in [0.25, 0.3) is 0 Å². The first-order chi connectivity index (χ1) is 8.28. The van der Waals surface area contributed by atoms with Crippen LogP contribution >= 0.6 is 0 Å². The summed E-state index contributed by atoms with van der Waals surface area (Å²) in [5, 5.41) is 0. The standard InChI is InChI=1S/C15H21NO2/c1-9-5-10(2)14-12(6-9)11(7-13(16)17)8-15(3,4)18-14/h5-6,11H,7-8H2,1-4H3,(H2,16,17). The van der Waals surface area contributed by atoms with Crippen LogP contribution in [0.15, 0.2) is 12.1 Å². The highest BCUT2D eigenvalue weighted by Gasteiger charge is 2.35. The van der Waals surface area contributed by atoms with Gasteiger partial charge in [0.2, 0.25) is 5.91 Å². The molecule has 2 rings (SSSR count). The van der Waals surface area contributed by atoms with Crippen molar-refractivity contribution in [2.75, 3.05) is 0 Å². The smallest absolute Gasteiger partial charge is 0.218 e. The van der Waals surface area contributed by atoms with Gasteiger partial charge in [-0.2, -0.15) is 0 Å². The van der Waals surface area contributed by atoms with Gasteiger partial charge in [0.15, 0.2) is 0 Å². The number of rotatable bonds is 2. The lowest BCUT2D eigenvalue weighted by molar-refractivity contribution is -0.118. The molecule has 1 unspecified atom stereocenters. The van der Waals surface area contributed by atoms with Crippen LogP contribution in [0.2, 0.25) is 0 Å². The number of hydrogen-bond acceptors (Lipinski definition) is 2. The molecule has 1 aliphatic rings. The maximum absolute atomic E-state index is 11.2. The molecule has 1 aromatic rings. The second-order valence-corrected chi connectivity index (χ2v) is 5.93. The molecule has 0 saturated heterocycles. The number of fused-ring (bicyclic) bond motifs is 1. The zero-order valence-electron chi connectivity index (χ0n) is 11.5. The molecule has 98 valence electrons. The molecule has 0 fully saturated rings. The van der Waals surface area contributed by atoms with E-state index in [1.165, 1.54) is 5.56 Å². The van der Waals surface area contributed by atoms with Crippen molar-refractivity contribution in [2.45, 2.75) is 52.1 Å². The van der Waals surface area contributed by atoms with E-state index < -0.39 is 0 Å². The van der Waals surface area contributed by atoms with Gasteiger partial charge in [0.05, 0.1) is 0 Å². The van der Waals surface area contributed by atoms with E-state index in [1.807, 2.05) is 0 Å². The molecule has 3 heteroatoms. The number of primary amides is 1. The summed E-state index contributed by atoms with van der Waals surface area (Å²) in [5.41, 5.74) is 8.58. The first-order valence-electron chi connectivity index (χ1n) is 6.37. The molecule has 0 bridgehead atoms. The van der Waals surface area contributed by atoms with Gasteiger partial charge in [-0.15, -0.1) is 0 Å². The summed E-state index contributed by atoms with van der Waals surface area (Å²) in [6.45, 7) is 8.23. The Morgan fingerprint density at radius 2 is 2.11 bits per heavy atom. The average molecular weight is 247 g/mol. The van der Waals surface area contributed by atoms with Gasteiger partial charge in [-0.05, 0) is 45.2 Å². The van der Waals surface area contributed by atoms with E-state index in [0.717, 1.165) is 23.3 Å². The minimum atomic E-state index is -0.247. The van der Waals surface area contributed by atoms with Crippen LogP contribution in [0.5, 0.6) is 5.75 Å². The molecule has 2 N–H and O–H groups in total. The number of hydrogen-bond donors (Lipinski definition) is 1. The molecule has 1 aliphatic heterocycles. The van der Waals surface area contributed by atoms with Crippen molar-refractivity contribution >= 4 is 5.91 Å². The second kappa shape index (κ2) is 4.30. The number of nitrogens with two attached hydrogens (primary N) is 1. The molecular formula is C15H21NO2. The molecule has 3 nitrogen and oxygen atoms in total. The summed E-state index contributed by atoms with van der Waals surface area (Å²) in [6, 6.07) is 4.23. The highest BCUT2D eigenvalue weighted by molar-refractivity contribution is 5.75. The number of carbonyl (C=O) groups excluding carboxylic acids is 1. The van der Waals surface area contributed by atoms with Crippen molar-refractivity contribution in [1.29, 1.82) is 0 Å². The van der Waals surface area contributed by atoms with Crippen LogP contribution in [0.1, 0.15) is 49.3 Å². The Morgan fingerprint density at radius 3 is 2.72 bits per heavy atom. The van der Waals surface area contributed by atoms with Crippen LogP contribution in [0.4, 0.5) is 0 Å². The fraction of sp³-hybridized carbons (Fsp3) is 0.533. The Balaban J connectivity index is 2.49. The van der Waals surface area contributed by atoms with E-state index in [9.17, 15) is 4.79 Å². The Kier molecular flexibility index (Phi) is 3.09. The van der Waals surface area contributed by atoms with Crippen molar-refractivity contribution in [1.82, 2.24) is 0 Å². The molecule has 1 aromatic carbocycles. The van der Waals surface area contributed by atoms with Gasteiger partial charge >= 0.3 is 0 Å². The van der Waals surface area contributed by atoms with E-state index in [0.29, 0.717) is 6.42 Å². The fourth-order valence-corrected chi connectivity index (χ4v) is 2.88. The summed E-state index contributed by atoms with van der Waals surface area (Å²) < 4.78 is 6.06. The van der Waals surface area contributed by atoms with Gasteiger partial charge in [0.25, 0.3) is 0 Å². The van der Waals surface area contributed by atoms with E-state index in [-0.39, 0.29) is 17.4 Å². The van der Waals surface area contributed by atoms with Crippen LogP contribution in [0, 0.1) is 13.8 Å².